The van der Waals surface area contributed by atoms with Crippen molar-refractivity contribution in [3.05, 3.63) is 60.2 Å². The lowest BCUT2D eigenvalue weighted by atomic mass is 10.0. The minimum atomic E-state index is 1.07. The second-order valence-electron chi connectivity index (χ2n) is 4.06. The number of fused-ring (bicyclic) bond motifs is 1. The minimum absolute atomic E-state index is 1.07. The van der Waals surface area contributed by atoms with Crippen LogP contribution in [-0.2, 0) is 6.42 Å². The topological polar surface area (TPSA) is 3.24 Å². The van der Waals surface area contributed by atoms with Gasteiger partial charge in [-0.05, 0) is 42.7 Å². The number of rotatable bonds is 1. The fraction of sp³-hybridized carbons (Fsp3) is 0.200. The molecule has 0 fully saturated rings. The van der Waals surface area contributed by atoms with Gasteiger partial charge in [-0.1, -0.05) is 30.3 Å². The van der Waals surface area contributed by atoms with Crippen molar-refractivity contribution in [1.29, 1.82) is 0 Å². The second-order valence-corrected chi connectivity index (χ2v) is 4.06. The summed E-state index contributed by atoms with van der Waals surface area (Å²) in [7, 11) is 0. The van der Waals surface area contributed by atoms with Gasteiger partial charge in [0.05, 0.1) is 5.69 Å². The molecular formula is C15H13N. The Morgan fingerprint density at radius 1 is 1.06 bits per heavy atom. The van der Waals surface area contributed by atoms with Gasteiger partial charge in [-0.2, -0.15) is 0 Å². The van der Waals surface area contributed by atoms with Crippen LogP contribution in [0.1, 0.15) is 12.0 Å². The fourth-order valence-corrected chi connectivity index (χ4v) is 2.29. The molecule has 0 radical (unpaired) electrons. The summed E-state index contributed by atoms with van der Waals surface area (Å²) in [5.41, 5.74) is 3.88. The Kier molecular flexibility index (Phi) is 2.27. The van der Waals surface area contributed by atoms with Crippen LogP contribution in [0.3, 0.4) is 0 Å². The van der Waals surface area contributed by atoms with Gasteiger partial charge in [0.1, 0.15) is 0 Å². The summed E-state index contributed by atoms with van der Waals surface area (Å²) in [5.74, 6) is 0. The molecule has 0 amide bonds. The number of hydrogen-bond acceptors (Lipinski definition) is 1. The number of para-hydroxylation sites is 1. The summed E-state index contributed by atoms with van der Waals surface area (Å²) in [6.45, 7) is 1.07. The lowest BCUT2D eigenvalue weighted by Crippen LogP contribution is -2.24. The van der Waals surface area contributed by atoms with Crippen molar-refractivity contribution in [2.75, 3.05) is 11.4 Å². The maximum absolute atomic E-state index is 3.18. The van der Waals surface area contributed by atoms with E-state index < -0.39 is 0 Å². The largest absolute Gasteiger partial charge is 0.334 e. The van der Waals surface area contributed by atoms with Gasteiger partial charge in [0.2, 0.25) is 0 Å². The first-order chi connectivity index (χ1) is 7.95. The zero-order valence-electron chi connectivity index (χ0n) is 9.11. The van der Waals surface area contributed by atoms with Gasteiger partial charge in [-0.3, -0.25) is 0 Å². The zero-order valence-corrected chi connectivity index (χ0v) is 9.11. The van der Waals surface area contributed by atoms with E-state index in [2.05, 4.69) is 47.4 Å². The van der Waals surface area contributed by atoms with Crippen molar-refractivity contribution in [2.24, 2.45) is 0 Å². The lowest BCUT2D eigenvalue weighted by molar-refractivity contribution is 0.767. The van der Waals surface area contributed by atoms with E-state index in [1.54, 1.807) is 0 Å². The Bertz CT molecular complexity index is 476. The Balaban J connectivity index is 2.05. The van der Waals surface area contributed by atoms with Gasteiger partial charge in [-0.25, -0.2) is 0 Å². The number of aryl methyl sites for hydroxylation is 1. The van der Waals surface area contributed by atoms with E-state index in [0.29, 0.717) is 0 Å². The molecule has 0 N–H and O–H groups in total. The van der Waals surface area contributed by atoms with Crippen molar-refractivity contribution in [3.8, 4) is 0 Å². The van der Waals surface area contributed by atoms with Gasteiger partial charge < -0.3 is 4.90 Å². The van der Waals surface area contributed by atoms with Crippen LogP contribution < -0.4 is 4.90 Å². The molecule has 0 saturated heterocycles. The summed E-state index contributed by atoms with van der Waals surface area (Å²) in [4.78, 5) is 2.33. The van der Waals surface area contributed by atoms with Gasteiger partial charge >= 0.3 is 0 Å². The van der Waals surface area contributed by atoms with E-state index in [1.165, 1.54) is 24.1 Å². The molecule has 3 rings (SSSR count). The van der Waals surface area contributed by atoms with Crippen molar-refractivity contribution < 1.29 is 0 Å². The van der Waals surface area contributed by atoms with Crippen LogP contribution in [-0.4, -0.2) is 6.54 Å². The van der Waals surface area contributed by atoms with Crippen molar-refractivity contribution in [1.82, 2.24) is 0 Å². The molecule has 0 spiro atoms. The molecule has 1 nitrogen and oxygen atoms in total. The molecule has 0 saturated carbocycles. The van der Waals surface area contributed by atoms with E-state index in [4.69, 9.17) is 0 Å². The summed E-state index contributed by atoms with van der Waals surface area (Å²) < 4.78 is 0. The SMILES string of the molecule is c1cccc(N2CCCc3ccccc32)c#1. The molecule has 0 unspecified atom stereocenters. The van der Waals surface area contributed by atoms with Gasteiger partial charge in [0, 0.05) is 12.2 Å². The van der Waals surface area contributed by atoms with Crippen LogP contribution in [0, 0.1) is 12.1 Å². The fourth-order valence-electron chi connectivity index (χ4n) is 2.29. The van der Waals surface area contributed by atoms with Crippen LogP contribution in [0.5, 0.6) is 0 Å². The number of anilines is 2. The lowest BCUT2D eigenvalue weighted by Gasteiger charge is -2.30. The molecule has 1 heteroatoms. The molecule has 2 aromatic rings. The number of benzene rings is 1. The van der Waals surface area contributed by atoms with E-state index in [0.717, 1.165) is 12.2 Å². The standard InChI is InChI=1S/C15H13N/c1-2-9-14(10-3-1)16-12-6-8-13-7-4-5-11-15(13)16/h1-2,4-5,7,9,11H,6,8,12H2. The third-order valence-corrected chi connectivity index (χ3v) is 3.03. The normalized spacial score (nSPS) is 14.1. The van der Waals surface area contributed by atoms with Crippen LogP contribution in [0.4, 0.5) is 11.4 Å². The second kappa shape index (κ2) is 3.90. The molecule has 2 aromatic carbocycles. The third kappa shape index (κ3) is 1.53. The van der Waals surface area contributed by atoms with Crippen molar-refractivity contribution in [3.63, 3.8) is 0 Å². The van der Waals surface area contributed by atoms with Crippen LogP contribution in [0.25, 0.3) is 0 Å². The van der Waals surface area contributed by atoms with Crippen molar-refractivity contribution >= 4 is 11.4 Å². The number of hydrogen-bond donors (Lipinski definition) is 0. The van der Waals surface area contributed by atoms with Crippen LogP contribution in [0.15, 0.2) is 42.5 Å². The van der Waals surface area contributed by atoms with E-state index in [9.17, 15) is 0 Å². The molecule has 1 heterocycles. The Morgan fingerprint density at radius 3 is 2.88 bits per heavy atom. The molecule has 0 aliphatic carbocycles. The summed E-state index contributed by atoms with van der Waals surface area (Å²) >= 11 is 0. The molecule has 16 heavy (non-hydrogen) atoms. The molecular weight excluding hydrogens is 194 g/mol. The molecule has 78 valence electrons. The van der Waals surface area contributed by atoms with E-state index in [-0.39, 0.29) is 0 Å². The van der Waals surface area contributed by atoms with Crippen molar-refractivity contribution in [2.45, 2.75) is 12.8 Å². The highest BCUT2D eigenvalue weighted by Gasteiger charge is 2.17. The first-order valence-corrected chi connectivity index (χ1v) is 5.69. The minimum Gasteiger partial charge on any atom is -0.334 e. The Hall–Kier alpha value is -1.94. The van der Waals surface area contributed by atoms with E-state index in [1.807, 2.05) is 12.1 Å². The Morgan fingerprint density at radius 2 is 2.00 bits per heavy atom. The monoisotopic (exact) mass is 207 g/mol. The maximum atomic E-state index is 3.18. The highest BCUT2D eigenvalue weighted by molar-refractivity contribution is 5.66. The van der Waals surface area contributed by atoms with Crippen LogP contribution in [0.2, 0.25) is 0 Å². The first-order valence-electron chi connectivity index (χ1n) is 5.69. The molecule has 1 aliphatic heterocycles. The number of nitrogens with zero attached hydrogens (tertiary/aromatic N) is 1. The van der Waals surface area contributed by atoms with Crippen LogP contribution >= 0.6 is 0 Å². The van der Waals surface area contributed by atoms with Gasteiger partial charge in [-0.15, -0.1) is 0 Å². The quantitative estimate of drug-likeness (QED) is 0.693. The summed E-state index contributed by atoms with van der Waals surface area (Å²) in [5, 5.41) is 0. The average molecular weight is 207 g/mol. The summed E-state index contributed by atoms with van der Waals surface area (Å²) in [6, 6.07) is 20.8. The summed E-state index contributed by atoms with van der Waals surface area (Å²) in [6.07, 6.45) is 2.39. The third-order valence-electron chi connectivity index (χ3n) is 3.03. The highest BCUT2D eigenvalue weighted by Crippen LogP contribution is 2.31. The maximum Gasteiger partial charge on any atom is 0.0927 e. The van der Waals surface area contributed by atoms with E-state index >= 15 is 0 Å². The first kappa shape index (κ1) is 9.30. The van der Waals surface area contributed by atoms with Gasteiger partial charge in [0.15, 0.2) is 0 Å². The molecule has 1 aliphatic rings. The molecule has 0 aromatic heterocycles. The molecule has 0 bridgehead atoms. The average Bonchev–Trinajstić information content (AvgIpc) is 2.39. The predicted octanol–water partition coefficient (Wildman–Crippen LogP) is 3.37. The predicted molar refractivity (Wildman–Crippen MR) is 65.9 cm³/mol. The molecule has 0 atom stereocenters. The Labute approximate surface area is 96.3 Å². The highest BCUT2D eigenvalue weighted by atomic mass is 15.1. The van der Waals surface area contributed by atoms with Gasteiger partial charge in [0.25, 0.3) is 0 Å². The zero-order chi connectivity index (χ0) is 10.8. The smallest absolute Gasteiger partial charge is 0.0927 e.